The Morgan fingerprint density at radius 1 is 1.28 bits per heavy atom. The number of carbonyl (C=O) groups is 1. The predicted octanol–water partition coefficient (Wildman–Crippen LogP) is 2.69. The fourth-order valence-corrected chi connectivity index (χ4v) is 3.95. The molecular weight excluding hydrogens is 386 g/mol. The van der Waals surface area contributed by atoms with Gasteiger partial charge in [-0.25, -0.2) is 4.98 Å². The van der Waals surface area contributed by atoms with Gasteiger partial charge in [0.05, 0.1) is 17.7 Å². The summed E-state index contributed by atoms with van der Waals surface area (Å²) in [5, 5.41) is 6.27. The van der Waals surface area contributed by atoms with Crippen LogP contribution in [0.3, 0.4) is 0 Å². The number of benzene rings is 1. The van der Waals surface area contributed by atoms with Crippen molar-refractivity contribution < 1.29 is 9.53 Å². The van der Waals surface area contributed by atoms with Crippen molar-refractivity contribution in [2.45, 2.75) is 32.8 Å². The summed E-state index contributed by atoms with van der Waals surface area (Å²) < 4.78 is 6.07. The third-order valence-corrected chi connectivity index (χ3v) is 5.66. The Kier molecular flexibility index (Phi) is 7.86. The lowest BCUT2D eigenvalue weighted by molar-refractivity contribution is 0.0958. The van der Waals surface area contributed by atoms with Gasteiger partial charge < -0.3 is 20.3 Å². The topological polar surface area (TPSA) is 78.8 Å². The molecule has 2 aromatic rings. The molecular formula is C21H29N5O2S. The summed E-state index contributed by atoms with van der Waals surface area (Å²) >= 11 is 1.36. The van der Waals surface area contributed by atoms with Gasteiger partial charge in [-0.2, -0.15) is 0 Å². The van der Waals surface area contributed by atoms with Gasteiger partial charge in [0, 0.05) is 39.0 Å². The van der Waals surface area contributed by atoms with Crippen LogP contribution in [-0.2, 0) is 0 Å². The van der Waals surface area contributed by atoms with Crippen molar-refractivity contribution in [1.82, 2.24) is 20.5 Å². The molecule has 1 fully saturated rings. The zero-order valence-electron chi connectivity index (χ0n) is 17.1. The van der Waals surface area contributed by atoms with Gasteiger partial charge in [-0.1, -0.05) is 18.2 Å². The molecule has 0 unspecified atom stereocenters. The van der Waals surface area contributed by atoms with Crippen molar-refractivity contribution in [1.29, 1.82) is 0 Å². The van der Waals surface area contributed by atoms with E-state index in [1.165, 1.54) is 11.3 Å². The Morgan fingerprint density at radius 2 is 2.03 bits per heavy atom. The third kappa shape index (κ3) is 6.19. The molecule has 2 N–H and O–H groups in total. The van der Waals surface area contributed by atoms with E-state index in [1.807, 2.05) is 37.3 Å². The molecule has 8 heteroatoms. The molecule has 0 saturated carbocycles. The molecule has 1 amide bonds. The summed E-state index contributed by atoms with van der Waals surface area (Å²) in [6.45, 7) is 7.55. The summed E-state index contributed by atoms with van der Waals surface area (Å²) in [6, 6.07) is 9.99. The number of likely N-dealkylation sites (tertiary alicyclic amines) is 1. The van der Waals surface area contributed by atoms with E-state index >= 15 is 0 Å². The summed E-state index contributed by atoms with van der Waals surface area (Å²) in [6.07, 6.45) is 2.15. The minimum absolute atomic E-state index is 0.0796. The van der Waals surface area contributed by atoms with Crippen molar-refractivity contribution >= 4 is 23.2 Å². The van der Waals surface area contributed by atoms with E-state index in [4.69, 9.17) is 4.74 Å². The Labute approximate surface area is 176 Å². The monoisotopic (exact) mass is 415 g/mol. The van der Waals surface area contributed by atoms with Crippen LogP contribution >= 0.6 is 11.3 Å². The Bertz CT molecular complexity index is 800. The van der Waals surface area contributed by atoms with Gasteiger partial charge in [0.25, 0.3) is 5.91 Å². The Morgan fingerprint density at radius 3 is 2.69 bits per heavy atom. The highest BCUT2D eigenvalue weighted by molar-refractivity contribution is 7.11. The molecule has 29 heavy (non-hydrogen) atoms. The molecule has 156 valence electrons. The number of nitrogens with one attached hydrogen (secondary N) is 2. The number of piperidine rings is 1. The Hall–Kier alpha value is -2.61. The molecule has 3 rings (SSSR count). The number of aliphatic imine (C=N–C) groups is 1. The van der Waals surface area contributed by atoms with Crippen LogP contribution in [0, 0.1) is 6.92 Å². The molecule has 0 aliphatic carbocycles. The maximum absolute atomic E-state index is 12.2. The number of hydrogen-bond acceptors (Lipinski definition) is 5. The predicted molar refractivity (Wildman–Crippen MR) is 117 cm³/mol. The second kappa shape index (κ2) is 10.8. The van der Waals surface area contributed by atoms with Gasteiger partial charge in [-0.05, 0) is 26.0 Å². The zero-order valence-corrected chi connectivity index (χ0v) is 17.9. The number of thiazole rings is 1. The van der Waals surface area contributed by atoms with Crippen LogP contribution in [0.2, 0.25) is 0 Å². The van der Waals surface area contributed by atoms with Gasteiger partial charge >= 0.3 is 0 Å². The number of aryl methyl sites for hydroxylation is 1. The fourth-order valence-electron chi connectivity index (χ4n) is 3.23. The second-order valence-corrected chi connectivity index (χ2v) is 7.73. The maximum Gasteiger partial charge on any atom is 0.263 e. The highest BCUT2D eigenvalue weighted by atomic mass is 32.1. The van der Waals surface area contributed by atoms with Crippen LogP contribution in [0.25, 0.3) is 0 Å². The average molecular weight is 416 g/mol. The molecule has 0 radical (unpaired) electrons. The van der Waals surface area contributed by atoms with E-state index in [2.05, 4.69) is 32.4 Å². The SMILES string of the molecule is CCNC(=NCCNC(=O)c1scnc1C)N1CCC(Oc2ccccc2)CC1. The fraction of sp³-hybridized carbons (Fsp3) is 0.476. The van der Waals surface area contributed by atoms with Crippen molar-refractivity contribution in [3.8, 4) is 5.75 Å². The first-order chi connectivity index (χ1) is 14.2. The molecule has 2 heterocycles. The maximum atomic E-state index is 12.2. The molecule has 0 bridgehead atoms. The molecule has 0 atom stereocenters. The van der Waals surface area contributed by atoms with Crippen LogP contribution in [0.15, 0.2) is 40.8 Å². The van der Waals surface area contributed by atoms with Gasteiger partial charge in [-0.3, -0.25) is 9.79 Å². The van der Waals surface area contributed by atoms with Crippen LogP contribution in [0.5, 0.6) is 5.75 Å². The van der Waals surface area contributed by atoms with E-state index in [1.54, 1.807) is 5.51 Å². The quantitative estimate of drug-likeness (QED) is 0.413. The minimum Gasteiger partial charge on any atom is -0.490 e. The largest absolute Gasteiger partial charge is 0.490 e. The summed E-state index contributed by atoms with van der Waals surface area (Å²) in [7, 11) is 0. The first-order valence-corrected chi connectivity index (χ1v) is 11.0. The smallest absolute Gasteiger partial charge is 0.263 e. The Balaban J connectivity index is 1.45. The first kappa shape index (κ1) is 21.1. The highest BCUT2D eigenvalue weighted by Gasteiger charge is 2.22. The normalized spacial score (nSPS) is 15.2. The summed E-state index contributed by atoms with van der Waals surface area (Å²) in [5.41, 5.74) is 2.46. The van der Waals surface area contributed by atoms with Gasteiger partial charge in [0.15, 0.2) is 5.96 Å². The standard InChI is InChI=1S/C21H29N5O2S/c1-3-22-21(24-12-11-23-20(27)19-16(2)25-15-29-19)26-13-9-18(10-14-26)28-17-7-5-4-6-8-17/h4-8,15,18H,3,9-14H2,1-2H3,(H,22,24)(H,23,27). The van der Waals surface area contributed by atoms with E-state index in [0.29, 0.717) is 18.0 Å². The summed E-state index contributed by atoms with van der Waals surface area (Å²) in [4.78, 5) is 23.9. The molecule has 0 spiro atoms. The lowest BCUT2D eigenvalue weighted by Crippen LogP contribution is -2.47. The van der Waals surface area contributed by atoms with Gasteiger partial charge in [-0.15, -0.1) is 11.3 Å². The molecule has 1 aliphatic rings. The number of rotatable bonds is 7. The summed E-state index contributed by atoms with van der Waals surface area (Å²) in [5.74, 6) is 1.75. The van der Waals surface area contributed by atoms with Gasteiger partial charge in [0.2, 0.25) is 0 Å². The van der Waals surface area contributed by atoms with Crippen molar-refractivity contribution in [2.24, 2.45) is 4.99 Å². The lowest BCUT2D eigenvalue weighted by atomic mass is 10.1. The minimum atomic E-state index is -0.0796. The van der Waals surface area contributed by atoms with Crippen molar-refractivity contribution in [3.05, 3.63) is 46.4 Å². The van der Waals surface area contributed by atoms with Crippen LogP contribution < -0.4 is 15.4 Å². The molecule has 1 aliphatic heterocycles. The van der Waals surface area contributed by atoms with Crippen molar-refractivity contribution in [3.63, 3.8) is 0 Å². The number of guanidine groups is 1. The molecule has 1 aromatic heterocycles. The average Bonchev–Trinajstić information content (AvgIpc) is 3.17. The van der Waals surface area contributed by atoms with Gasteiger partial charge in [0.1, 0.15) is 16.7 Å². The van der Waals surface area contributed by atoms with Crippen LogP contribution in [-0.4, -0.2) is 60.6 Å². The first-order valence-electron chi connectivity index (χ1n) is 10.1. The van der Waals surface area contributed by atoms with E-state index in [0.717, 1.165) is 49.9 Å². The number of aromatic nitrogens is 1. The second-order valence-electron chi connectivity index (χ2n) is 6.88. The number of nitrogens with zero attached hydrogens (tertiary/aromatic N) is 3. The van der Waals surface area contributed by atoms with Crippen molar-refractivity contribution in [2.75, 3.05) is 32.7 Å². The van der Waals surface area contributed by atoms with E-state index in [9.17, 15) is 4.79 Å². The highest BCUT2D eigenvalue weighted by Crippen LogP contribution is 2.18. The third-order valence-electron chi connectivity index (χ3n) is 4.73. The van der Waals surface area contributed by atoms with Crippen LogP contribution in [0.4, 0.5) is 0 Å². The van der Waals surface area contributed by atoms with E-state index in [-0.39, 0.29) is 12.0 Å². The number of para-hydroxylation sites is 1. The molecule has 7 nitrogen and oxygen atoms in total. The number of ether oxygens (including phenoxy) is 1. The number of hydrogen-bond donors (Lipinski definition) is 2. The number of carbonyl (C=O) groups excluding carboxylic acids is 1. The van der Waals surface area contributed by atoms with Crippen LogP contribution in [0.1, 0.15) is 35.1 Å². The molecule has 1 saturated heterocycles. The molecule has 1 aromatic carbocycles. The zero-order chi connectivity index (χ0) is 20.5. The lowest BCUT2D eigenvalue weighted by Gasteiger charge is -2.34. The number of amides is 1. The van der Waals surface area contributed by atoms with E-state index < -0.39 is 0 Å².